The van der Waals surface area contributed by atoms with Gasteiger partial charge in [-0.1, -0.05) is 24.3 Å². The Balaban J connectivity index is 3.00. The molecule has 0 fully saturated rings. The van der Waals surface area contributed by atoms with Gasteiger partial charge in [0.05, 0.1) is 16.3 Å². The molecule has 0 aliphatic carbocycles. The normalized spacial score (nSPS) is 9.67. The minimum Gasteiger partial charge on any atom is -0.478 e. The third kappa shape index (κ3) is 3.75. The molecule has 0 aromatic heterocycles. The fourth-order valence-electron chi connectivity index (χ4n) is 1.11. The van der Waals surface area contributed by atoms with Crippen LogP contribution in [0.2, 0.25) is 5.02 Å². The third-order valence-electron chi connectivity index (χ3n) is 1.86. The SMILES string of the molecule is C=CCOC(=O)Nc1cc(Cl)c(Br)cc1C(=O)O. The summed E-state index contributed by atoms with van der Waals surface area (Å²) in [6.45, 7) is 3.41. The van der Waals surface area contributed by atoms with Crippen molar-refractivity contribution < 1.29 is 19.4 Å². The number of carbonyl (C=O) groups is 2. The number of benzene rings is 1. The molecule has 0 spiro atoms. The smallest absolute Gasteiger partial charge is 0.411 e. The van der Waals surface area contributed by atoms with E-state index in [2.05, 4.69) is 32.6 Å². The maximum Gasteiger partial charge on any atom is 0.411 e. The van der Waals surface area contributed by atoms with Crippen molar-refractivity contribution in [3.05, 3.63) is 39.8 Å². The van der Waals surface area contributed by atoms with E-state index >= 15 is 0 Å². The summed E-state index contributed by atoms with van der Waals surface area (Å²) in [6.07, 6.45) is 0.613. The average Bonchev–Trinajstić information content (AvgIpc) is 2.30. The highest BCUT2D eigenvalue weighted by Gasteiger charge is 2.15. The first kappa shape index (κ1) is 14.5. The summed E-state index contributed by atoms with van der Waals surface area (Å²) in [4.78, 5) is 22.3. The van der Waals surface area contributed by atoms with Gasteiger partial charge in [-0.3, -0.25) is 5.32 Å². The number of amides is 1. The van der Waals surface area contributed by atoms with Crippen LogP contribution in [0.5, 0.6) is 0 Å². The zero-order chi connectivity index (χ0) is 13.7. The van der Waals surface area contributed by atoms with E-state index in [0.29, 0.717) is 4.47 Å². The van der Waals surface area contributed by atoms with Gasteiger partial charge in [-0.2, -0.15) is 0 Å². The molecule has 0 saturated heterocycles. The van der Waals surface area contributed by atoms with E-state index in [0.717, 1.165) is 0 Å². The molecule has 0 radical (unpaired) electrons. The molecule has 1 aromatic rings. The summed E-state index contributed by atoms with van der Waals surface area (Å²) in [5, 5.41) is 11.6. The lowest BCUT2D eigenvalue weighted by Gasteiger charge is -2.09. The standard InChI is InChI=1S/C11H9BrClNO4/c1-2-3-18-11(17)14-9-5-8(13)7(12)4-6(9)10(15)16/h2,4-5H,1,3H2,(H,14,17)(H,15,16). The number of aromatic carboxylic acids is 1. The zero-order valence-corrected chi connectivity index (χ0v) is 11.4. The van der Waals surface area contributed by atoms with E-state index in [4.69, 9.17) is 16.7 Å². The summed E-state index contributed by atoms with van der Waals surface area (Å²) < 4.78 is 5.11. The van der Waals surface area contributed by atoms with Gasteiger partial charge in [0.15, 0.2) is 0 Å². The van der Waals surface area contributed by atoms with Crippen molar-refractivity contribution in [1.29, 1.82) is 0 Å². The Morgan fingerprint density at radius 2 is 2.22 bits per heavy atom. The average molecular weight is 335 g/mol. The second-order valence-corrected chi connectivity index (χ2v) is 4.39. The number of rotatable bonds is 4. The Labute approximate surface area is 117 Å². The van der Waals surface area contributed by atoms with Gasteiger partial charge < -0.3 is 9.84 Å². The number of carbonyl (C=O) groups excluding carboxylic acids is 1. The largest absolute Gasteiger partial charge is 0.478 e. The third-order valence-corrected chi connectivity index (χ3v) is 3.06. The lowest BCUT2D eigenvalue weighted by Crippen LogP contribution is -2.16. The molecule has 0 atom stereocenters. The molecular formula is C11H9BrClNO4. The monoisotopic (exact) mass is 333 g/mol. The van der Waals surface area contributed by atoms with Gasteiger partial charge in [0.25, 0.3) is 0 Å². The van der Waals surface area contributed by atoms with Gasteiger partial charge in [0.1, 0.15) is 6.61 Å². The van der Waals surface area contributed by atoms with Crippen molar-refractivity contribution >= 4 is 45.3 Å². The molecule has 0 aliphatic heterocycles. The first-order valence-electron chi connectivity index (χ1n) is 4.72. The molecule has 1 amide bonds. The number of halogens is 2. The maximum atomic E-state index is 11.3. The lowest BCUT2D eigenvalue weighted by atomic mass is 10.2. The Hall–Kier alpha value is -1.53. The van der Waals surface area contributed by atoms with Gasteiger partial charge in [0.2, 0.25) is 0 Å². The van der Waals surface area contributed by atoms with Gasteiger partial charge in [0, 0.05) is 4.47 Å². The Bertz CT molecular complexity index is 504. The predicted octanol–water partition coefficient (Wildman–Crippen LogP) is 3.54. The van der Waals surface area contributed by atoms with Gasteiger partial charge in [-0.05, 0) is 28.1 Å². The molecule has 5 nitrogen and oxygen atoms in total. The number of nitrogens with one attached hydrogen (secondary N) is 1. The molecule has 0 bridgehead atoms. The molecule has 1 aromatic carbocycles. The number of carboxylic acids is 1. The van der Waals surface area contributed by atoms with Crippen molar-refractivity contribution in [3.63, 3.8) is 0 Å². The van der Waals surface area contributed by atoms with E-state index in [1.165, 1.54) is 18.2 Å². The molecule has 1 rings (SSSR count). The first-order chi connectivity index (χ1) is 8.45. The van der Waals surface area contributed by atoms with Crippen molar-refractivity contribution in [2.75, 3.05) is 11.9 Å². The van der Waals surface area contributed by atoms with E-state index in [-0.39, 0.29) is 22.9 Å². The van der Waals surface area contributed by atoms with Crippen molar-refractivity contribution in [3.8, 4) is 0 Å². The van der Waals surface area contributed by atoms with Crippen LogP contribution in [0.15, 0.2) is 29.3 Å². The summed E-state index contributed by atoms with van der Waals surface area (Å²) in [7, 11) is 0. The highest BCUT2D eigenvalue weighted by Crippen LogP contribution is 2.29. The van der Waals surface area contributed by atoms with Crippen molar-refractivity contribution in [2.24, 2.45) is 0 Å². The molecule has 0 heterocycles. The van der Waals surface area contributed by atoms with Crippen LogP contribution in [0.25, 0.3) is 0 Å². The first-order valence-corrected chi connectivity index (χ1v) is 5.89. The Morgan fingerprint density at radius 3 is 2.78 bits per heavy atom. The number of hydrogen-bond acceptors (Lipinski definition) is 3. The van der Waals surface area contributed by atoms with Crippen LogP contribution in [-0.2, 0) is 4.74 Å². The fraction of sp³-hybridized carbons (Fsp3) is 0.0909. The van der Waals surface area contributed by atoms with E-state index in [9.17, 15) is 9.59 Å². The van der Waals surface area contributed by atoms with Crippen LogP contribution in [0.3, 0.4) is 0 Å². The van der Waals surface area contributed by atoms with E-state index in [1.54, 1.807) is 0 Å². The van der Waals surface area contributed by atoms with Crippen LogP contribution >= 0.6 is 27.5 Å². The minimum absolute atomic E-state index is 0.0263. The molecule has 0 saturated carbocycles. The van der Waals surface area contributed by atoms with Gasteiger partial charge in [-0.25, -0.2) is 9.59 Å². The molecule has 0 aliphatic rings. The molecule has 0 unspecified atom stereocenters. The lowest BCUT2D eigenvalue weighted by molar-refractivity contribution is 0.0698. The number of anilines is 1. The van der Waals surface area contributed by atoms with Crippen molar-refractivity contribution in [1.82, 2.24) is 0 Å². The molecule has 7 heteroatoms. The quantitative estimate of drug-likeness (QED) is 0.826. The zero-order valence-electron chi connectivity index (χ0n) is 9.07. The highest BCUT2D eigenvalue weighted by molar-refractivity contribution is 9.10. The Kier molecular flexibility index (Phi) is 5.18. The van der Waals surface area contributed by atoms with Gasteiger partial charge >= 0.3 is 12.1 Å². The van der Waals surface area contributed by atoms with E-state index in [1.807, 2.05) is 0 Å². The van der Waals surface area contributed by atoms with Crippen LogP contribution in [-0.4, -0.2) is 23.8 Å². The number of hydrogen-bond donors (Lipinski definition) is 2. The molecular weight excluding hydrogens is 325 g/mol. The number of ether oxygens (including phenoxy) is 1. The van der Waals surface area contributed by atoms with Crippen LogP contribution in [0.1, 0.15) is 10.4 Å². The van der Waals surface area contributed by atoms with Crippen LogP contribution in [0, 0.1) is 0 Å². The second kappa shape index (κ2) is 6.42. The maximum absolute atomic E-state index is 11.3. The van der Waals surface area contributed by atoms with E-state index < -0.39 is 12.1 Å². The summed E-state index contributed by atoms with van der Waals surface area (Å²) in [5.41, 5.74) is -0.0356. The Morgan fingerprint density at radius 1 is 1.56 bits per heavy atom. The second-order valence-electron chi connectivity index (χ2n) is 3.13. The molecule has 18 heavy (non-hydrogen) atoms. The molecule has 96 valence electrons. The summed E-state index contributed by atoms with van der Waals surface area (Å²) >= 11 is 8.93. The topological polar surface area (TPSA) is 75.6 Å². The fourth-order valence-corrected chi connectivity index (χ4v) is 1.61. The van der Waals surface area contributed by atoms with Crippen molar-refractivity contribution in [2.45, 2.75) is 0 Å². The summed E-state index contributed by atoms with van der Waals surface area (Å²) in [5.74, 6) is -1.19. The van der Waals surface area contributed by atoms with Crippen LogP contribution in [0.4, 0.5) is 10.5 Å². The molecule has 2 N–H and O–H groups in total. The summed E-state index contributed by atoms with van der Waals surface area (Å²) in [6, 6.07) is 2.62. The highest BCUT2D eigenvalue weighted by atomic mass is 79.9. The van der Waals surface area contributed by atoms with Gasteiger partial charge in [-0.15, -0.1) is 0 Å². The number of carboxylic acid groups (broad SMARTS) is 1. The predicted molar refractivity (Wildman–Crippen MR) is 71.3 cm³/mol. The van der Waals surface area contributed by atoms with Crippen LogP contribution < -0.4 is 5.32 Å². The minimum atomic E-state index is -1.19.